The van der Waals surface area contributed by atoms with E-state index < -0.39 is 24.2 Å². The second kappa shape index (κ2) is 6.98. The number of furan rings is 1. The number of anilines is 1. The number of nitrogens with one attached hydrogen (secondary N) is 2. The first-order valence-corrected chi connectivity index (χ1v) is 8.96. The molecular weight excluding hydrogens is 389 g/mol. The lowest BCUT2D eigenvalue weighted by Crippen LogP contribution is -2.35. The zero-order chi connectivity index (χ0) is 20.8. The summed E-state index contributed by atoms with van der Waals surface area (Å²) in [6.07, 6.45) is -1.64. The smallest absolute Gasteiger partial charge is 0.410 e. The Balaban J connectivity index is 1.57. The van der Waals surface area contributed by atoms with Crippen LogP contribution in [0.2, 0.25) is 0 Å². The zero-order valence-electron chi connectivity index (χ0n) is 15.7. The second-order valence-corrected chi connectivity index (χ2v) is 6.96. The minimum absolute atomic E-state index is 0.0941. The molecule has 29 heavy (non-hydrogen) atoms. The highest BCUT2D eigenvalue weighted by Crippen LogP contribution is 2.43. The van der Waals surface area contributed by atoms with Crippen LogP contribution in [0.15, 0.2) is 35.1 Å². The highest BCUT2D eigenvalue weighted by Gasteiger charge is 2.47. The summed E-state index contributed by atoms with van der Waals surface area (Å²) in [5.41, 5.74) is 1.48. The summed E-state index contributed by atoms with van der Waals surface area (Å²) in [7, 11) is 1.76. The number of hydrogen-bond donors (Lipinski definition) is 2. The molecule has 1 aliphatic heterocycles. The molecule has 3 aromatic rings. The normalized spacial score (nSPS) is 18.9. The number of aromatic nitrogens is 4. The van der Waals surface area contributed by atoms with Crippen molar-refractivity contribution in [3.63, 3.8) is 0 Å². The van der Waals surface area contributed by atoms with Crippen LogP contribution < -0.4 is 10.6 Å². The molecule has 8 nitrogen and oxygen atoms in total. The maximum absolute atomic E-state index is 13.6. The first-order chi connectivity index (χ1) is 13.7. The Morgan fingerprint density at radius 1 is 1.41 bits per heavy atom. The molecule has 0 fully saturated rings. The summed E-state index contributed by atoms with van der Waals surface area (Å²) in [6.45, 7) is 2.01. The third-order valence-corrected chi connectivity index (χ3v) is 4.86. The number of rotatable bonds is 4. The molecule has 0 unspecified atom stereocenters. The summed E-state index contributed by atoms with van der Waals surface area (Å²) < 4.78 is 48.6. The summed E-state index contributed by atoms with van der Waals surface area (Å²) in [5, 5.41) is 13.8. The van der Waals surface area contributed by atoms with E-state index >= 15 is 0 Å². The van der Waals surface area contributed by atoms with Crippen molar-refractivity contribution in [2.24, 2.45) is 7.05 Å². The molecule has 3 aromatic heterocycles. The van der Waals surface area contributed by atoms with Crippen LogP contribution in [0.1, 0.15) is 46.0 Å². The fourth-order valence-corrected chi connectivity index (χ4v) is 3.45. The van der Waals surface area contributed by atoms with E-state index in [1.165, 1.54) is 12.3 Å². The molecule has 0 aliphatic carbocycles. The molecule has 0 saturated heterocycles. The van der Waals surface area contributed by atoms with E-state index in [1.807, 2.05) is 6.92 Å². The molecule has 154 valence electrons. The topological polar surface area (TPSA) is 89.9 Å². The molecule has 1 amide bonds. The predicted molar refractivity (Wildman–Crippen MR) is 96.1 cm³/mol. The fraction of sp³-hybridized carbons (Fsp3) is 0.389. The largest absolute Gasteiger partial charge is 0.467 e. The van der Waals surface area contributed by atoms with E-state index in [9.17, 15) is 18.0 Å². The lowest BCUT2D eigenvalue weighted by atomic mass is 10.0. The maximum atomic E-state index is 13.6. The standard InChI is InChI=1S/C18H19F3N6O2/c1-10-11(9-26(2)24-10)8-22-17(28)13-7-16-23-12(14-4-3-5-29-14)6-15(18(19,20)21)27(16)25-13/h3-5,7,9,12,15,23H,6,8H2,1-2H3,(H,22,28)/t12-,15+/m0/s1. The van der Waals surface area contributed by atoms with Crippen molar-refractivity contribution in [1.29, 1.82) is 0 Å². The fourth-order valence-electron chi connectivity index (χ4n) is 3.45. The Morgan fingerprint density at radius 2 is 2.21 bits per heavy atom. The lowest BCUT2D eigenvalue weighted by molar-refractivity contribution is -0.174. The Bertz CT molecular complexity index is 1020. The van der Waals surface area contributed by atoms with Gasteiger partial charge in [0.25, 0.3) is 5.91 Å². The minimum Gasteiger partial charge on any atom is -0.467 e. The molecule has 0 radical (unpaired) electrons. The number of fused-ring (bicyclic) bond motifs is 1. The van der Waals surface area contributed by atoms with Crippen LogP contribution in [0.5, 0.6) is 0 Å². The van der Waals surface area contributed by atoms with Gasteiger partial charge in [0.2, 0.25) is 0 Å². The number of alkyl halides is 3. The van der Waals surface area contributed by atoms with Gasteiger partial charge in [-0.05, 0) is 19.1 Å². The quantitative estimate of drug-likeness (QED) is 0.692. The first-order valence-electron chi connectivity index (χ1n) is 8.96. The number of halogens is 3. The molecule has 4 heterocycles. The third kappa shape index (κ3) is 3.71. The first kappa shape index (κ1) is 19.1. The van der Waals surface area contributed by atoms with Gasteiger partial charge in [-0.15, -0.1) is 0 Å². The van der Waals surface area contributed by atoms with Crippen LogP contribution in [0, 0.1) is 6.92 Å². The molecule has 0 spiro atoms. The van der Waals surface area contributed by atoms with Crippen LogP contribution in [0.3, 0.4) is 0 Å². The average molecular weight is 408 g/mol. The van der Waals surface area contributed by atoms with E-state index in [2.05, 4.69) is 20.8 Å². The van der Waals surface area contributed by atoms with Crippen molar-refractivity contribution in [1.82, 2.24) is 24.9 Å². The average Bonchev–Trinajstić information content (AvgIpc) is 3.37. The Kier molecular flexibility index (Phi) is 4.59. The van der Waals surface area contributed by atoms with Gasteiger partial charge >= 0.3 is 6.18 Å². The Hall–Kier alpha value is -3.24. The van der Waals surface area contributed by atoms with Crippen LogP contribution in [-0.2, 0) is 13.6 Å². The molecule has 2 atom stereocenters. The number of amides is 1. The lowest BCUT2D eigenvalue weighted by Gasteiger charge is -2.32. The molecule has 11 heteroatoms. The summed E-state index contributed by atoms with van der Waals surface area (Å²) in [6, 6.07) is 2.01. The van der Waals surface area contributed by atoms with Gasteiger partial charge in [-0.1, -0.05) is 0 Å². The van der Waals surface area contributed by atoms with Gasteiger partial charge in [0.1, 0.15) is 11.6 Å². The number of carbonyl (C=O) groups is 1. The molecule has 1 aliphatic rings. The van der Waals surface area contributed by atoms with Crippen LogP contribution in [0.25, 0.3) is 0 Å². The van der Waals surface area contributed by atoms with Gasteiger partial charge in [-0.25, -0.2) is 4.68 Å². The van der Waals surface area contributed by atoms with Gasteiger partial charge in [0, 0.05) is 37.8 Å². The highest BCUT2D eigenvalue weighted by atomic mass is 19.4. The van der Waals surface area contributed by atoms with Crippen molar-refractivity contribution in [3.8, 4) is 0 Å². The predicted octanol–water partition coefficient (Wildman–Crippen LogP) is 3.11. The van der Waals surface area contributed by atoms with Gasteiger partial charge in [0.05, 0.1) is 18.0 Å². The summed E-state index contributed by atoms with van der Waals surface area (Å²) in [5.74, 6) is -0.0557. The highest BCUT2D eigenvalue weighted by molar-refractivity contribution is 5.93. The van der Waals surface area contributed by atoms with E-state index in [-0.39, 0.29) is 24.5 Å². The summed E-state index contributed by atoms with van der Waals surface area (Å²) in [4.78, 5) is 12.5. The molecule has 0 aromatic carbocycles. The number of nitrogens with zero attached hydrogens (tertiary/aromatic N) is 4. The van der Waals surface area contributed by atoms with E-state index in [0.29, 0.717) is 5.76 Å². The van der Waals surface area contributed by atoms with Crippen LogP contribution in [0.4, 0.5) is 19.0 Å². The van der Waals surface area contributed by atoms with Gasteiger partial charge in [-0.2, -0.15) is 23.4 Å². The van der Waals surface area contributed by atoms with Gasteiger partial charge < -0.3 is 15.1 Å². The second-order valence-electron chi connectivity index (χ2n) is 6.96. The van der Waals surface area contributed by atoms with Crippen molar-refractivity contribution in [2.75, 3.05) is 5.32 Å². The number of hydrogen-bond acceptors (Lipinski definition) is 5. The van der Waals surface area contributed by atoms with Crippen LogP contribution in [-0.4, -0.2) is 31.6 Å². The molecule has 2 N–H and O–H groups in total. The molecule has 4 rings (SSSR count). The Labute approximate surface area is 163 Å². The maximum Gasteiger partial charge on any atom is 0.410 e. The number of aryl methyl sites for hydroxylation is 2. The van der Waals surface area contributed by atoms with Crippen molar-refractivity contribution >= 4 is 11.7 Å². The third-order valence-electron chi connectivity index (χ3n) is 4.86. The van der Waals surface area contributed by atoms with Crippen molar-refractivity contribution in [2.45, 2.75) is 38.1 Å². The minimum atomic E-state index is -4.52. The van der Waals surface area contributed by atoms with Crippen molar-refractivity contribution in [3.05, 3.63) is 53.4 Å². The molecule has 0 bridgehead atoms. The zero-order valence-corrected chi connectivity index (χ0v) is 15.7. The van der Waals surface area contributed by atoms with E-state index in [1.54, 1.807) is 30.1 Å². The van der Waals surface area contributed by atoms with Gasteiger partial charge in [-0.3, -0.25) is 9.48 Å². The van der Waals surface area contributed by atoms with Crippen molar-refractivity contribution < 1.29 is 22.4 Å². The molecular formula is C18H19F3N6O2. The monoisotopic (exact) mass is 408 g/mol. The number of carbonyl (C=O) groups excluding carboxylic acids is 1. The van der Waals surface area contributed by atoms with E-state index in [4.69, 9.17) is 4.42 Å². The van der Waals surface area contributed by atoms with Gasteiger partial charge in [0.15, 0.2) is 11.7 Å². The molecule has 0 saturated carbocycles. The van der Waals surface area contributed by atoms with E-state index in [0.717, 1.165) is 15.9 Å². The Morgan fingerprint density at radius 3 is 2.83 bits per heavy atom. The summed E-state index contributed by atoms with van der Waals surface area (Å²) >= 11 is 0. The van der Waals surface area contributed by atoms with Crippen LogP contribution >= 0.6 is 0 Å². The SMILES string of the molecule is Cc1nn(C)cc1CNC(=O)c1cc2n(n1)[C@@H](C(F)(F)F)C[C@@H](c1ccco1)N2.